The highest BCUT2D eigenvalue weighted by molar-refractivity contribution is 5.19. The van der Waals surface area contributed by atoms with Crippen molar-refractivity contribution in [2.45, 2.75) is 38.3 Å². The van der Waals surface area contributed by atoms with Gasteiger partial charge in [-0.1, -0.05) is 12.8 Å². The minimum absolute atomic E-state index is 0.157. The van der Waals surface area contributed by atoms with E-state index in [0.717, 1.165) is 37.8 Å². The molecule has 0 aromatic heterocycles. The first-order chi connectivity index (χ1) is 8.16. The third-order valence-corrected chi connectivity index (χ3v) is 2.87. The summed E-state index contributed by atoms with van der Waals surface area (Å²) < 4.78 is 38.4. The minimum Gasteiger partial charge on any atom is -0.298 e. The molecule has 1 fully saturated rings. The second kappa shape index (κ2) is 5.51. The summed E-state index contributed by atoms with van der Waals surface area (Å²) in [5.41, 5.74) is 2.98. The summed E-state index contributed by atoms with van der Waals surface area (Å²) in [6, 6.07) is 1.92. The lowest BCUT2D eigenvalue weighted by Gasteiger charge is -2.11. The third-order valence-electron chi connectivity index (χ3n) is 2.87. The van der Waals surface area contributed by atoms with Crippen LogP contribution >= 0.6 is 0 Å². The zero-order valence-electron chi connectivity index (χ0n) is 9.31. The van der Waals surface area contributed by atoms with Crippen LogP contribution in [0, 0.1) is 17.5 Å². The van der Waals surface area contributed by atoms with Gasteiger partial charge in [-0.25, -0.2) is 13.2 Å². The van der Waals surface area contributed by atoms with E-state index in [1.165, 1.54) is 0 Å². The van der Waals surface area contributed by atoms with Gasteiger partial charge in [0.2, 0.25) is 0 Å². The lowest BCUT2D eigenvalue weighted by molar-refractivity contribution is -0.0244. The van der Waals surface area contributed by atoms with Crippen molar-refractivity contribution in [2.75, 3.05) is 0 Å². The number of hydrogen-bond donors (Lipinski definition) is 1. The van der Waals surface area contributed by atoms with Crippen LogP contribution in [0.5, 0.6) is 0 Å². The number of halogens is 3. The van der Waals surface area contributed by atoms with Gasteiger partial charge in [-0.3, -0.25) is 4.84 Å². The predicted molar refractivity (Wildman–Crippen MR) is 56.5 cm³/mol. The fraction of sp³-hybridized carbons (Fsp3) is 0.500. The van der Waals surface area contributed by atoms with Gasteiger partial charge in [0, 0.05) is 6.54 Å². The lowest BCUT2D eigenvalue weighted by Crippen LogP contribution is -2.21. The summed E-state index contributed by atoms with van der Waals surface area (Å²) in [6.07, 6.45) is 4.46. The maximum Gasteiger partial charge on any atom is 0.194 e. The van der Waals surface area contributed by atoms with Gasteiger partial charge in [0.15, 0.2) is 17.5 Å². The molecule has 2 nitrogen and oxygen atoms in total. The van der Waals surface area contributed by atoms with Gasteiger partial charge >= 0.3 is 0 Å². The number of benzene rings is 1. The number of nitrogens with one attached hydrogen (secondary N) is 1. The molecule has 0 aliphatic heterocycles. The first-order valence-electron chi connectivity index (χ1n) is 5.69. The van der Waals surface area contributed by atoms with Crippen molar-refractivity contribution in [1.82, 2.24) is 5.48 Å². The molecule has 1 aromatic rings. The van der Waals surface area contributed by atoms with E-state index in [1.54, 1.807) is 0 Å². The van der Waals surface area contributed by atoms with Gasteiger partial charge in [-0.2, -0.15) is 5.48 Å². The van der Waals surface area contributed by atoms with Crippen molar-refractivity contribution in [3.63, 3.8) is 0 Å². The number of hydrogen-bond acceptors (Lipinski definition) is 2. The normalized spacial score (nSPS) is 16.6. The van der Waals surface area contributed by atoms with Crippen molar-refractivity contribution in [3.05, 3.63) is 35.1 Å². The second-order valence-corrected chi connectivity index (χ2v) is 4.22. The molecule has 0 heterocycles. The first-order valence-corrected chi connectivity index (χ1v) is 5.69. The molecule has 0 spiro atoms. The highest BCUT2D eigenvalue weighted by Crippen LogP contribution is 2.20. The van der Waals surface area contributed by atoms with Crippen molar-refractivity contribution < 1.29 is 18.0 Å². The fourth-order valence-corrected chi connectivity index (χ4v) is 1.96. The highest BCUT2D eigenvalue weighted by atomic mass is 19.2. The molecule has 1 aliphatic carbocycles. The molecule has 0 bridgehead atoms. The standard InChI is InChI=1S/C12H14F3NO/c13-10-5-8(6-11(14)12(10)15)7-16-17-9-3-1-2-4-9/h5-6,9,16H,1-4,7H2. The molecule has 0 unspecified atom stereocenters. The average molecular weight is 245 g/mol. The Bertz CT molecular complexity index is 368. The van der Waals surface area contributed by atoms with Crippen LogP contribution in [0.1, 0.15) is 31.2 Å². The van der Waals surface area contributed by atoms with Gasteiger partial charge in [0.05, 0.1) is 6.10 Å². The van der Waals surface area contributed by atoms with E-state index in [1.807, 2.05) is 0 Å². The average Bonchev–Trinajstić information content (AvgIpc) is 2.79. The molecule has 17 heavy (non-hydrogen) atoms. The summed E-state index contributed by atoms with van der Waals surface area (Å²) in [7, 11) is 0. The Hall–Kier alpha value is -1.07. The summed E-state index contributed by atoms with van der Waals surface area (Å²) in [6.45, 7) is 0.157. The van der Waals surface area contributed by atoms with Crippen LogP contribution in [0.15, 0.2) is 12.1 Å². The zero-order chi connectivity index (χ0) is 12.3. The summed E-state index contributed by atoms with van der Waals surface area (Å²) in [5.74, 6) is -3.80. The Kier molecular flexibility index (Phi) is 4.02. The van der Waals surface area contributed by atoms with Crippen LogP contribution in [-0.2, 0) is 11.4 Å². The van der Waals surface area contributed by atoms with Crippen LogP contribution < -0.4 is 5.48 Å². The molecular weight excluding hydrogens is 231 g/mol. The molecule has 0 saturated heterocycles. The Balaban J connectivity index is 1.86. The first kappa shape index (κ1) is 12.4. The van der Waals surface area contributed by atoms with Crippen LogP contribution in [0.4, 0.5) is 13.2 Å². The van der Waals surface area contributed by atoms with Gasteiger partial charge in [0.25, 0.3) is 0 Å². The molecule has 1 aliphatic rings. The Morgan fingerprint density at radius 2 is 1.71 bits per heavy atom. The van der Waals surface area contributed by atoms with E-state index in [9.17, 15) is 13.2 Å². The summed E-state index contributed by atoms with van der Waals surface area (Å²) in [5, 5.41) is 0. The quantitative estimate of drug-likeness (QED) is 0.650. The van der Waals surface area contributed by atoms with E-state index in [4.69, 9.17) is 4.84 Å². The maximum absolute atomic E-state index is 12.9. The summed E-state index contributed by atoms with van der Waals surface area (Å²) in [4.78, 5) is 5.33. The summed E-state index contributed by atoms with van der Waals surface area (Å²) >= 11 is 0. The van der Waals surface area contributed by atoms with Crippen LogP contribution in [-0.4, -0.2) is 6.10 Å². The molecule has 94 valence electrons. The SMILES string of the molecule is Fc1cc(CNOC2CCCC2)cc(F)c1F. The molecule has 1 aromatic carbocycles. The lowest BCUT2D eigenvalue weighted by atomic mass is 10.2. The largest absolute Gasteiger partial charge is 0.298 e. The molecule has 1 saturated carbocycles. The molecule has 1 N–H and O–H groups in total. The molecular formula is C12H14F3NO. The van der Waals surface area contributed by atoms with Crippen LogP contribution in [0.2, 0.25) is 0 Å². The minimum atomic E-state index is -1.44. The van der Waals surface area contributed by atoms with Crippen molar-refractivity contribution in [3.8, 4) is 0 Å². The highest BCUT2D eigenvalue weighted by Gasteiger charge is 2.15. The van der Waals surface area contributed by atoms with Crippen LogP contribution in [0.3, 0.4) is 0 Å². The predicted octanol–water partition coefficient (Wildman–Crippen LogP) is 3.07. The monoisotopic (exact) mass is 245 g/mol. The second-order valence-electron chi connectivity index (χ2n) is 4.22. The van der Waals surface area contributed by atoms with Crippen molar-refractivity contribution >= 4 is 0 Å². The molecule has 5 heteroatoms. The van der Waals surface area contributed by atoms with Gasteiger partial charge in [-0.15, -0.1) is 0 Å². The van der Waals surface area contributed by atoms with Gasteiger partial charge in [0.1, 0.15) is 0 Å². The van der Waals surface area contributed by atoms with E-state index in [2.05, 4.69) is 5.48 Å². The smallest absolute Gasteiger partial charge is 0.194 e. The molecule has 0 atom stereocenters. The van der Waals surface area contributed by atoms with Crippen molar-refractivity contribution in [1.29, 1.82) is 0 Å². The maximum atomic E-state index is 12.9. The van der Waals surface area contributed by atoms with E-state index >= 15 is 0 Å². The van der Waals surface area contributed by atoms with Crippen molar-refractivity contribution in [2.24, 2.45) is 0 Å². The van der Waals surface area contributed by atoms with Gasteiger partial charge in [-0.05, 0) is 30.5 Å². The van der Waals surface area contributed by atoms with E-state index < -0.39 is 17.5 Å². The molecule has 0 radical (unpaired) electrons. The third kappa shape index (κ3) is 3.20. The Labute approximate surface area is 97.7 Å². The number of hydroxylamine groups is 1. The molecule has 2 rings (SSSR count). The Morgan fingerprint density at radius 1 is 1.12 bits per heavy atom. The van der Waals surface area contributed by atoms with E-state index in [0.29, 0.717) is 5.56 Å². The topological polar surface area (TPSA) is 21.3 Å². The molecule has 0 amide bonds. The Morgan fingerprint density at radius 3 is 2.29 bits per heavy atom. The zero-order valence-corrected chi connectivity index (χ0v) is 9.31. The van der Waals surface area contributed by atoms with Crippen LogP contribution in [0.25, 0.3) is 0 Å². The van der Waals surface area contributed by atoms with Gasteiger partial charge < -0.3 is 0 Å². The fourth-order valence-electron chi connectivity index (χ4n) is 1.96. The van der Waals surface area contributed by atoms with E-state index in [-0.39, 0.29) is 12.6 Å². The number of rotatable bonds is 4.